The number of nitriles is 1. The SMILES string of the molecule is CCS(=O)(=O)c1ccc(-n2cnc(C#N)n2)nc1-c1cn2ccc(C(F)(F)F)cc2n1. The number of aromatic nitrogens is 6. The lowest BCUT2D eigenvalue weighted by Crippen LogP contribution is -2.09. The van der Waals surface area contributed by atoms with Gasteiger partial charge in [0.1, 0.15) is 29.4 Å². The molecule has 0 radical (unpaired) electrons. The fourth-order valence-electron chi connectivity index (χ4n) is 2.85. The van der Waals surface area contributed by atoms with Crippen molar-refractivity contribution in [2.45, 2.75) is 18.0 Å². The normalized spacial score (nSPS) is 12.2. The van der Waals surface area contributed by atoms with E-state index in [1.54, 1.807) is 6.07 Å². The quantitative estimate of drug-likeness (QED) is 0.472. The van der Waals surface area contributed by atoms with E-state index in [1.165, 1.54) is 46.9 Å². The largest absolute Gasteiger partial charge is 0.416 e. The van der Waals surface area contributed by atoms with Crippen LogP contribution in [-0.4, -0.2) is 43.3 Å². The topological polar surface area (TPSA) is 119 Å². The minimum atomic E-state index is -4.55. The lowest BCUT2D eigenvalue weighted by Gasteiger charge is -2.09. The standard InChI is InChI=1S/C18H12F3N7O2S/c1-2-31(29,30)13-3-4-15(28-10-23-14(8-22)26-28)25-17(13)12-9-27-6-5-11(18(19,20)21)7-16(27)24-12/h3-7,9-10H,2H2,1H3. The molecule has 0 aliphatic carbocycles. The van der Waals surface area contributed by atoms with Crippen LogP contribution in [-0.2, 0) is 16.0 Å². The third-order valence-corrected chi connectivity index (χ3v) is 6.17. The number of hydrogen-bond acceptors (Lipinski definition) is 7. The average Bonchev–Trinajstić information content (AvgIpc) is 3.39. The summed E-state index contributed by atoms with van der Waals surface area (Å²) >= 11 is 0. The molecular formula is C18H12F3N7O2S. The van der Waals surface area contributed by atoms with Crippen molar-refractivity contribution in [2.24, 2.45) is 0 Å². The second-order valence-electron chi connectivity index (χ2n) is 6.35. The van der Waals surface area contributed by atoms with Crippen molar-refractivity contribution in [2.75, 3.05) is 5.75 Å². The molecule has 4 rings (SSSR count). The molecular weight excluding hydrogens is 435 g/mol. The van der Waals surface area contributed by atoms with Crippen LogP contribution in [0.1, 0.15) is 18.3 Å². The number of alkyl halides is 3. The van der Waals surface area contributed by atoms with Crippen molar-refractivity contribution in [1.82, 2.24) is 29.1 Å². The predicted molar refractivity (Wildman–Crippen MR) is 101 cm³/mol. The van der Waals surface area contributed by atoms with Crippen LogP contribution >= 0.6 is 0 Å². The van der Waals surface area contributed by atoms with Crippen molar-refractivity contribution >= 4 is 15.5 Å². The van der Waals surface area contributed by atoms with Crippen molar-refractivity contribution in [3.63, 3.8) is 0 Å². The minimum absolute atomic E-state index is 0.0237. The molecule has 0 saturated carbocycles. The van der Waals surface area contributed by atoms with E-state index in [0.717, 1.165) is 12.1 Å². The van der Waals surface area contributed by atoms with Gasteiger partial charge in [-0.15, -0.1) is 5.10 Å². The molecule has 9 nitrogen and oxygen atoms in total. The van der Waals surface area contributed by atoms with E-state index in [9.17, 15) is 21.6 Å². The summed E-state index contributed by atoms with van der Waals surface area (Å²) in [6.45, 7) is 1.46. The van der Waals surface area contributed by atoms with Gasteiger partial charge in [-0.1, -0.05) is 6.92 Å². The molecule has 0 unspecified atom stereocenters. The summed E-state index contributed by atoms with van der Waals surface area (Å²) in [6.07, 6.45) is -0.742. The summed E-state index contributed by atoms with van der Waals surface area (Å²) in [7, 11) is -3.73. The van der Waals surface area contributed by atoms with Gasteiger partial charge in [0.2, 0.25) is 0 Å². The predicted octanol–water partition coefficient (Wildman–Crippen LogP) is 2.66. The maximum Gasteiger partial charge on any atom is 0.416 e. The number of sulfone groups is 1. The van der Waals surface area contributed by atoms with E-state index in [1.807, 2.05) is 0 Å². The molecule has 0 fully saturated rings. The molecule has 0 N–H and O–H groups in total. The molecule has 0 saturated heterocycles. The Morgan fingerprint density at radius 1 is 1.19 bits per heavy atom. The molecule has 13 heteroatoms. The molecule has 4 aromatic heterocycles. The first kappa shape index (κ1) is 20.5. The Morgan fingerprint density at radius 3 is 2.61 bits per heavy atom. The van der Waals surface area contributed by atoms with Crippen LogP contribution in [0.3, 0.4) is 0 Å². The van der Waals surface area contributed by atoms with Crippen LogP contribution in [0, 0.1) is 11.3 Å². The summed E-state index contributed by atoms with van der Waals surface area (Å²) < 4.78 is 66.8. The molecule has 0 bridgehead atoms. The molecule has 0 aliphatic rings. The smallest absolute Gasteiger partial charge is 0.306 e. The summed E-state index contributed by atoms with van der Waals surface area (Å²) in [4.78, 5) is 12.1. The highest BCUT2D eigenvalue weighted by Crippen LogP contribution is 2.31. The van der Waals surface area contributed by atoms with Gasteiger partial charge in [-0.25, -0.2) is 28.1 Å². The first-order valence-electron chi connectivity index (χ1n) is 8.74. The molecule has 0 aromatic carbocycles. The van der Waals surface area contributed by atoms with Crippen LogP contribution in [0.15, 0.2) is 47.9 Å². The molecule has 31 heavy (non-hydrogen) atoms. The number of rotatable bonds is 4. The summed E-state index contributed by atoms with van der Waals surface area (Å²) in [6, 6.07) is 6.23. The van der Waals surface area contributed by atoms with Crippen molar-refractivity contribution in [3.05, 3.63) is 54.4 Å². The van der Waals surface area contributed by atoms with Gasteiger partial charge < -0.3 is 4.40 Å². The number of nitrogens with zero attached hydrogens (tertiary/aromatic N) is 7. The Hall–Kier alpha value is -3.79. The second-order valence-corrected chi connectivity index (χ2v) is 8.60. The van der Waals surface area contributed by atoms with E-state index in [2.05, 4.69) is 20.1 Å². The van der Waals surface area contributed by atoms with Gasteiger partial charge in [-0.2, -0.15) is 18.4 Å². The van der Waals surface area contributed by atoms with Crippen molar-refractivity contribution in [1.29, 1.82) is 5.26 Å². The lowest BCUT2D eigenvalue weighted by molar-refractivity contribution is -0.137. The van der Waals surface area contributed by atoms with Crippen LogP contribution in [0.2, 0.25) is 0 Å². The van der Waals surface area contributed by atoms with Gasteiger partial charge in [0.05, 0.1) is 16.2 Å². The van der Waals surface area contributed by atoms with Gasteiger partial charge in [0.25, 0.3) is 5.82 Å². The third kappa shape index (κ3) is 3.73. The highest BCUT2D eigenvalue weighted by Gasteiger charge is 2.31. The first-order valence-corrected chi connectivity index (χ1v) is 10.4. The summed E-state index contributed by atoms with van der Waals surface area (Å²) in [5.74, 6) is -0.165. The highest BCUT2D eigenvalue weighted by molar-refractivity contribution is 7.91. The van der Waals surface area contributed by atoms with Crippen LogP contribution < -0.4 is 0 Å². The Kier molecular flexibility index (Phi) is 4.74. The molecule has 4 aromatic rings. The fraction of sp³-hybridized carbons (Fsp3) is 0.167. The summed E-state index contributed by atoms with van der Waals surface area (Å²) in [5, 5.41) is 12.8. The summed E-state index contributed by atoms with van der Waals surface area (Å²) in [5.41, 5.74) is -0.893. The van der Waals surface area contributed by atoms with E-state index < -0.39 is 21.6 Å². The Balaban J connectivity index is 1.92. The van der Waals surface area contributed by atoms with Gasteiger partial charge in [0.15, 0.2) is 15.7 Å². The Bertz CT molecular complexity index is 1450. The minimum Gasteiger partial charge on any atom is -0.306 e. The lowest BCUT2D eigenvalue weighted by atomic mass is 10.2. The van der Waals surface area contributed by atoms with Gasteiger partial charge in [0, 0.05) is 12.4 Å². The van der Waals surface area contributed by atoms with Crippen LogP contribution in [0.5, 0.6) is 0 Å². The number of hydrogen-bond donors (Lipinski definition) is 0. The zero-order valence-corrected chi connectivity index (χ0v) is 16.6. The van der Waals surface area contributed by atoms with Gasteiger partial charge in [-0.05, 0) is 24.3 Å². The van der Waals surface area contributed by atoms with E-state index in [0.29, 0.717) is 0 Å². The first-order chi connectivity index (χ1) is 14.6. The van der Waals surface area contributed by atoms with E-state index in [4.69, 9.17) is 5.26 Å². The monoisotopic (exact) mass is 447 g/mol. The van der Waals surface area contributed by atoms with E-state index in [-0.39, 0.29) is 39.3 Å². The number of pyridine rings is 2. The molecule has 0 atom stereocenters. The zero-order valence-electron chi connectivity index (χ0n) is 15.7. The van der Waals surface area contributed by atoms with Gasteiger partial charge in [-0.3, -0.25) is 0 Å². The Labute approximate surface area is 173 Å². The molecule has 0 aliphatic heterocycles. The Morgan fingerprint density at radius 2 is 1.97 bits per heavy atom. The molecule has 0 spiro atoms. The highest BCUT2D eigenvalue weighted by atomic mass is 32.2. The maximum absolute atomic E-state index is 13.0. The van der Waals surface area contributed by atoms with E-state index >= 15 is 0 Å². The van der Waals surface area contributed by atoms with Crippen molar-refractivity contribution < 1.29 is 21.6 Å². The second kappa shape index (κ2) is 7.17. The number of imidazole rings is 1. The number of fused-ring (bicyclic) bond motifs is 1. The van der Waals surface area contributed by atoms with Crippen molar-refractivity contribution in [3.8, 4) is 23.3 Å². The third-order valence-electron chi connectivity index (χ3n) is 4.42. The fourth-order valence-corrected chi connectivity index (χ4v) is 3.88. The average molecular weight is 447 g/mol. The molecule has 158 valence electrons. The van der Waals surface area contributed by atoms with Crippen LogP contribution in [0.4, 0.5) is 13.2 Å². The number of halogens is 3. The maximum atomic E-state index is 13.0. The molecule has 4 heterocycles. The molecule has 0 amide bonds. The van der Waals surface area contributed by atoms with Crippen LogP contribution in [0.25, 0.3) is 22.9 Å². The van der Waals surface area contributed by atoms with Gasteiger partial charge >= 0.3 is 6.18 Å². The zero-order chi connectivity index (χ0) is 22.4.